The van der Waals surface area contributed by atoms with Crippen molar-refractivity contribution in [2.75, 3.05) is 0 Å². The summed E-state index contributed by atoms with van der Waals surface area (Å²) < 4.78 is 2.10. The summed E-state index contributed by atoms with van der Waals surface area (Å²) in [5.74, 6) is 5.80. The molecule has 0 spiro atoms. The lowest BCUT2D eigenvalue weighted by Gasteiger charge is -2.33. The van der Waals surface area contributed by atoms with Gasteiger partial charge in [0.05, 0.1) is 5.69 Å². The van der Waals surface area contributed by atoms with Crippen molar-refractivity contribution in [3.63, 3.8) is 0 Å². The molecular formula is C14H26N4. The molecule has 0 bridgehead atoms. The van der Waals surface area contributed by atoms with Crippen molar-refractivity contribution in [1.29, 1.82) is 0 Å². The Balaban J connectivity index is 2.14. The fourth-order valence-electron chi connectivity index (χ4n) is 3.28. The SMILES string of the molecule is CCn1nc(C)cc1CC(NN)C1(C)CCCC1. The van der Waals surface area contributed by atoms with E-state index in [4.69, 9.17) is 5.84 Å². The number of aryl methyl sites for hydroxylation is 2. The standard InChI is InChI=1S/C14H26N4/c1-4-18-12(9-11(2)17-18)10-13(16-15)14(3)7-5-6-8-14/h9,13,16H,4-8,10,15H2,1-3H3. The van der Waals surface area contributed by atoms with Crippen LogP contribution in [0.15, 0.2) is 6.07 Å². The van der Waals surface area contributed by atoms with Crippen LogP contribution in [0.1, 0.15) is 50.9 Å². The molecule has 0 radical (unpaired) electrons. The monoisotopic (exact) mass is 250 g/mol. The zero-order valence-electron chi connectivity index (χ0n) is 11.9. The molecule has 0 aliphatic heterocycles. The number of nitrogens with one attached hydrogen (secondary N) is 1. The third-order valence-corrected chi connectivity index (χ3v) is 4.49. The summed E-state index contributed by atoms with van der Waals surface area (Å²) in [6.45, 7) is 7.48. The lowest BCUT2D eigenvalue weighted by molar-refractivity contribution is 0.218. The first-order valence-corrected chi connectivity index (χ1v) is 7.08. The van der Waals surface area contributed by atoms with E-state index in [2.05, 4.69) is 42.0 Å². The molecule has 1 saturated carbocycles. The topological polar surface area (TPSA) is 55.9 Å². The van der Waals surface area contributed by atoms with E-state index in [-0.39, 0.29) is 0 Å². The first kappa shape index (κ1) is 13.6. The maximum absolute atomic E-state index is 5.80. The largest absolute Gasteiger partial charge is 0.271 e. The molecule has 0 saturated heterocycles. The van der Waals surface area contributed by atoms with Crippen LogP contribution < -0.4 is 11.3 Å². The number of hydrogen-bond donors (Lipinski definition) is 2. The van der Waals surface area contributed by atoms with E-state index in [1.807, 2.05) is 0 Å². The van der Waals surface area contributed by atoms with Gasteiger partial charge >= 0.3 is 0 Å². The molecule has 18 heavy (non-hydrogen) atoms. The summed E-state index contributed by atoms with van der Waals surface area (Å²) in [5.41, 5.74) is 5.79. The molecule has 1 fully saturated rings. The molecule has 1 aromatic rings. The van der Waals surface area contributed by atoms with Gasteiger partial charge < -0.3 is 0 Å². The molecular weight excluding hydrogens is 224 g/mol. The first-order valence-electron chi connectivity index (χ1n) is 7.08. The van der Waals surface area contributed by atoms with E-state index in [1.54, 1.807) is 0 Å². The second kappa shape index (κ2) is 5.41. The molecule has 0 aromatic carbocycles. The van der Waals surface area contributed by atoms with Gasteiger partial charge in [-0.2, -0.15) is 5.10 Å². The smallest absolute Gasteiger partial charge is 0.0596 e. The fourth-order valence-corrected chi connectivity index (χ4v) is 3.28. The van der Waals surface area contributed by atoms with Gasteiger partial charge in [0, 0.05) is 24.7 Å². The highest BCUT2D eigenvalue weighted by Gasteiger charge is 2.36. The van der Waals surface area contributed by atoms with Crippen LogP contribution in [0.3, 0.4) is 0 Å². The van der Waals surface area contributed by atoms with Gasteiger partial charge in [-0.15, -0.1) is 0 Å². The lowest BCUT2D eigenvalue weighted by Crippen LogP contribution is -2.47. The van der Waals surface area contributed by atoms with Crippen molar-refractivity contribution in [2.24, 2.45) is 11.3 Å². The molecule has 102 valence electrons. The molecule has 1 unspecified atom stereocenters. The average molecular weight is 250 g/mol. The highest BCUT2D eigenvalue weighted by atomic mass is 15.3. The molecule has 1 aliphatic carbocycles. The minimum Gasteiger partial charge on any atom is -0.271 e. The van der Waals surface area contributed by atoms with Gasteiger partial charge in [0.1, 0.15) is 0 Å². The maximum Gasteiger partial charge on any atom is 0.0596 e. The number of nitrogens with zero attached hydrogens (tertiary/aromatic N) is 2. The van der Waals surface area contributed by atoms with Gasteiger partial charge in [-0.05, 0) is 38.2 Å². The van der Waals surface area contributed by atoms with Gasteiger partial charge in [0.15, 0.2) is 0 Å². The summed E-state index contributed by atoms with van der Waals surface area (Å²) in [6.07, 6.45) is 6.20. The van der Waals surface area contributed by atoms with Crippen LogP contribution in [-0.4, -0.2) is 15.8 Å². The predicted molar refractivity (Wildman–Crippen MR) is 74.0 cm³/mol. The average Bonchev–Trinajstić information content (AvgIpc) is 2.93. The zero-order valence-corrected chi connectivity index (χ0v) is 11.9. The highest BCUT2D eigenvalue weighted by molar-refractivity contribution is 5.12. The Bertz CT molecular complexity index is 390. The Morgan fingerprint density at radius 1 is 1.50 bits per heavy atom. The van der Waals surface area contributed by atoms with Crippen LogP contribution >= 0.6 is 0 Å². The molecule has 4 heteroatoms. The summed E-state index contributed by atoms with van der Waals surface area (Å²) in [4.78, 5) is 0. The number of aromatic nitrogens is 2. The lowest BCUT2D eigenvalue weighted by atomic mass is 9.79. The Labute approximate surface area is 110 Å². The van der Waals surface area contributed by atoms with Crippen molar-refractivity contribution in [3.05, 3.63) is 17.5 Å². The van der Waals surface area contributed by atoms with E-state index < -0.39 is 0 Å². The zero-order chi connectivity index (χ0) is 13.2. The van der Waals surface area contributed by atoms with Gasteiger partial charge in [-0.1, -0.05) is 19.8 Å². The van der Waals surface area contributed by atoms with Crippen LogP contribution in [0, 0.1) is 12.3 Å². The summed E-state index contributed by atoms with van der Waals surface area (Å²) >= 11 is 0. The molecule has 0 amide bonds. The van der Waals surface area contributed by atoms with Gasteiger partial charge in [-0.25, -0.2) is 0 Å². The van der Waals surface area contributed by atoms with Crippen molar-refractivity contribution in [2.45, 2.75) is 65.5 Å². The van der Waals surface area contributed by atoms with Crippen LogP contribution in [0.5, 0.6) is 0 Å². The van der Waals surface area contributed by atoms with Crippen molar-refractivity contribution < 1.29 is 0 Å². The van der Waals surface area contributed by atoms with E-state index in [0.717, 1.165) is 18.7 Å². The van der Waals surface area contributed by atoms with Gasteiger partial charge in [-0.3, -0.25) is 16.0 Å². The number of nitrogens with two attached hydrogens (primary N) is 1. The Hall–Kier alpha value is -0.870. The Morgan fingerprint density at radius 3 is 2.72 bits per heavy atom. The predicted octanol–water partition coefficient (Wildman–Crippen LogP) is 2.17. The number of hydrazine groups is 1. The third kappa shape index (κ3) is 2.59. The quantitative estimate of drug-likeness (QED) is 0.622. The minimum atomic E-state index is 0.339. The van der Waals surface area contributed by atoms with Crippen LogP contribution in [0.25, 0.3) is 0 Å². The van der Waals surface area contributed by atoms with E-state index in [0.29, 0.717) is 11.5 Å². The highest BCUT2D eigenvalue weighted by Crippen LogP contribution is 2.41. The Kier molecular flexibility index (Phi) is 4.07. The third-order valence-electron chi connectivity index (χ3n) is 4.49. The maximum atomic E-state index is 5.80. The second-order valence-corrected chi connectivity index (χ2v) is 5.88. The van der Waals surface area contributed by atoms with Crippen LogP contribution in [0.2, 0.25) is 0 Å². The number of rotatable bonds is 5. The van der Waals surface area contributed by atoms with Gasteiger partial charge in [0.25, 0.3) is 0 Å². The first-order chi connectivity index (χ1) is 8.59. The normalized spacial score (nSPS) is 20.2. The summed E-state index contributed by atoms with van der Waals surface area (Å²) in [6, 6.07) is 2.54. The van der Waals surface area contributed by atoms with Crippen LogP contribution in [0.4, 0.5) is 0 Å². The number of hydrogen-bond acceptors (Lipinski definition) is 3. The Morgan fingerprint density at radius 2 is 2.17 bits per heavy atom. The summed E-state index contributed by atoms with van der Waals surface area (Å²) in [5, 5.41) is 4.51. The second-order valence-electron chi connectivity index (χ2n) is 5.88. The molecule has 2 rings (SSSR count). The molecule has 1 heterocycles. The molecule has 1 atom stereocenters. The fraction of sp³-hybridized carbons (Fsp3) is 0.786. The van der Waals surface area contributed by atoms with Gasteiger partial charge in [0.2, 0.25) is 0 Å². The molecule has 4 nitrogen and oxygen atoms in total. The van der Waals surface area contributed by atoms with Crippen molar-refractivity contribution >= 4 is 0 Å². The van der Waals surface area contributed by atoms with Crippen LogP contribution in [-0.2, 0) is 13.0 Å². The summed E-state index contributed by atoms with van der Waals surface area (Å²) in [7, 11) is 0. The van der Waals surface area contributed by atoms with E-state index >= 15 is 0 Å². The minimum absolute atomic E-state index is 0.339. The molecule has 1 aromatic heterocycles. The van der Waals surface area contributed by atoms with E-state index in [1.165, 1.54) is 31.4 Å². The van der Waals surface area contributed by atoms with Crippen molar-refractivity contribution in [1.82, 2.24) is 15.2 Å². The van der Waals surface area contributed by atoms with Crippen molar-refractivity contribution in [3.8, 4) is 0 Å². The molecule has 1 aliphatic rings. The van der Waals surface area contributed by atoms with E-state index in [9.17, 15) is 0 Å². The molecule has 3 N–H and O–H groups in total.